The first-order chi connectivity index (χ1) is 9.84. The van der Waals surface area contributed by atoms with Crippen molar-refractivity contribution in [1.82, 2.24) is 9.62 Å². The average molecular weight is 353 g/mol. The molecule has 0 aliphatic carbocycles. The molecule has 1 aromatic carbocycles. The van der Waals surface area contributed by atoms with Crippen molar-refractivity contribution in [3.8, 4) is 0 Å². The predicted octanol–water partition coefficient (Wildman–Crippen LogP) is 2.36. The standard InChI is InChI=1S/C13H15Cl2FN2O2S/c1-7-9-5-17-4-8(9)6-18(7)21(19,20)11-3-2-10(14)13(16)12(11)15/h2-3,7-9,17H,4-6H2,1H3. The van der Waals surface area contributed by atoms with Gasteiger partial charge in [-0.25, -0.2) is 12.8 Å². The highest BCUT2D eigenvalue weighted by Crippen LogP contribution is 2.38. The summed E-state index contributed by atoms with van der Waals surface area (Å²) in [7, 11) is -3.82. The normalized spacial score (nSPS) is 29.8. The van der Waals surface area contributed by atoms with E-state index < -0.39 is 20.9 Å². The monoisotopic (exact) mass is 352 g/mol. The van der Waals surface area contributed by atoms with Crippen LogP contribution < -0.4 is 5.32 Å². The molecule has 0 spiro atoms. The van der Waals surface area contributed by atoms with Crippen molar-refractivity contribution in [3.05, 3.63) is 28.0 Å². The molecule has 4 nitrogen and oxygen atoms in total. The molecule has 2 heterocycles. The maximum Gasteiger partial charge on any atom is 0.244 e. The summed E-state index contributed by atoms with van der Waals surface area (Å²) >= 11 is 11.5. The van der Waals surface area contributed by atoms with Gasteiger partial charge < -0.3 is 5.32 Å². The zero-order chi connectivity index (χ0) is 15.4. The van der Waals surface area contributed by atoms with Crippen LogP contribution >= 0.6 is 23.2 Å². The van der Waals surface area contributed by atoms with E-state index in [9.17, 15) is 12.8 Å². The van der Waals surface area contributed by atoms with E-state index >= 15 is 0 Å². The second kappa shape index (κ2) is 5.35. The molecule has 116 valence electrons. The molecule has 2 aliphatic rings. The number of hydrogen-bond acceptors (Lipinski definition) is 3. The number of sulfonamides is 1. The van der Waals surface area contributed by atoms with Gasteiger partial charge in [-0.15, -0.1) is 0 Å². The van der Waals surface area contributed by atoms with Gasteiger partial charge in [-0.05, 0) is 44.0 Å². The second-order valence-electron chi connectivity index (χ2n) is 5.57. The van der Waals surface area contributed by atoms with Crippen LogP contribution in [0.3, 0.4) is 0 Å². The van der Waals surface area contributed by atoms with Crippen molar-refractivity contribution in [2.75, 3.05) is 19.6 Å². The minimum atomic E-state index is -3.82. The largest absolute Gasteiger partial charge is 0.316 e. The highest BCUT2D eigenvalue weighted by Gasteiger charge is 2.47. The fourth-order valence-electron chi connectivity index (χ4n) is 3.28. The molecule has 3 rings (SSSR count). The Morgan fingerprint density at radius 3 is 2.71 bits per heavy atom. The highest BCUT2D eigenvalue weighted by atomic mass is 35.5. The minimum Gasteiger partial charge on any atom is -0.316 e. The molecule has 0 bridgehead atoms. The molecule has 21 heavy (non-hydrogen) atoms. The minimum absolute atomic E-state index is 0.134. The van der Waals surface area contributed by atoms with Gasteiger partial charge >= 0.3 is 0 Å². The van der Waals surface area contributed by atoms with Gasteiger partial charge in [-0.1, -0.05) is 23.2 Å². The topological polar surface area (TPSA) is 49.4 Å². The molecule has 0 aromatic heterocycles. The average Bonchev–Trinajstić information content (AvgIpc) is 2.99. The summed E-state index contributed by atoms with van der Waals surface area (Å²) in [5.74, 6) is -0.311. The molecule has 3 unspecified atom stereocenters. The van der Waals surface area contributed by atoms with Crippen LogP contribution in [0.4, 0.5) is 4.39 Å². The third kappa shape index (κ3) is 2.37. The van der Waals surface area contributed by atoms with E-state index in [0.717, 1.165) is 13.1 Å². The number of nitrogens with zero attached hydrogens (tertiary/aromatic N) is 1. The van der Waals surface area contributed by atoms with Gasteiger partial charge in [0.05, 0.1) is 10.0 Å². The molecule has 2 aliphatic heterocycles. The molecule has 0 saturated carbocycles. The molecular weight excluding hydrogens is 338 g/mol. The zero-order valence-corrected chi connectivity index (χ0v) is 13.6. The van der Waals surface area contributed by atoms with Crippen LogP contribution in [0, 0.1) is 17.7 Å². The Kier molecular flexibility index (Phi) is 3.95. The summed E-state index contributed by atoms with van der Waals surface area (Å²) in [5, 5.41) is 2.64. The summed E-state index contributed by atoms with van der Waals surface area (Å²) in [6.07, 6.45) is 0. The summed E-state index contributed by atoms with van der Waals surface area (Å²) < 4.78 is 40.8. The molecule has 2 saturated heterocycles. The number of fused-ring (bicyclic) bond motifs is 1. The van der Waals surface area contributed by atoms with Gasteiger partial charge in [0.15, 0.2) is 5.82 Å². The van der Waals surface area contributed by atoms with E-state index in [1.54, 1.807) is 0 Å². The van der Waals surface area contributed by atoms with Crippen molar-refractivity contribution in [2.24, 2.45) is 11.8 Å². The van der Waals surface area contributed by atoms with Gasteiger partial charge in [0.2, 0.25) is 10.0 Å². The van der Waals surface area contributed by atoms with Crippen molar-refractivity contribution < 1.29 is 12.8 Å². The molecule has 8 heteroatoms. The van der Waals surface area contributed by atoms with E-state index in [-0.39, 0.29) is 21.9 Å². The van der Waals surface area contributed by atoms with E-state index in [0.29, 0.717) is 12.5 Å². The number of nitrogens with one attached hydrogen (secondary N) is 1. The summed E-state index contributed by atoms with van der Waals surface area (Å²) in [5.41, 5.74) is 0. The summed E-state index contributed by atoms with van der Waals surface area (Å²) in [6.45, 7) is 3.93. The fraction of sp³-hybridized carbons (Fsp3) is 0.538. The van der Waals surface area contributed by atoms with Crippen molar-refractivity contribution >= 4 is 33.2 Å². The van der Waals surface area contributed by atoms with Gasteiger partial charge in [0.25, 0.3) is 0 Å². The first kappa shape index (κ1) is 15.5. The molecule has 0 radical (unpaired) electrons. The van der Waals surface area contributed by atoms with Gasteiger partial charge in [-0.3, -0.25) is 0 Å². The SMILES string of the molecule is CC1C2CNCC2CN1S(=O)(=O)c1ccc(Cl)c(F)c1Cl. The van der Waals surface area contributed by atoms with E-state index in [1.807, 2.05) is 6.92 Å². The third-order valence-corrected chi connectivity index (χ3v) is 7.24. The fourth-order valence-corrected chi connectivity index (χ4v) is 5.73. The lowest BCUT2D eigenvalue weighted by atomic mass is 9.95. The maximum atomic E-state index is 13.8. The van der Waals surface area contributed by atoms with E-state index in [2.05, 4.69) is 5.32 Å². The Balaban J connectivity index is 2.00. The van der Waals surface area contributed by atoms with Crippen molar-refractivity contribution in [2.45, 2.75) is 17.9 Å². The van der Waals surface area contributed by atoms with Crippen LogP contribution in [0.5, 0.6) is 0 Å². The summed E-state index contributed by atoms with van der Waals surface area (Å²) in [4.78, 5) is -0.217. The van der Waals surface area contributed by atoms with Gasteiger partial charge in [0, 0.05) is 12.6 Å². The molecule has 1 aromatic rings. The van der Waals surface area contributed by atoms with E-state index in [4.69, 9.17) is 23.2 Å². The van der Waals surface area contributed by atoms with Crippen LogP contribution in [0.25, 0.3) is 0 Å². The molecule has 1 N–H and O–H groups in total. The first-order valence-corrected chi connectivity index (χ1v) is 8.89. The molecule has 0 amide bonds. The van der Waals surface area contributed by atoms with Crippen LogP contribution in [-0.4, -0.2) is 38.4 Å². The lowest BCUT2D eigenvalue weighted by Gasteiger charge is -2.24. The zero-order valence-electron chi connectivity index (χ0n) is 11.3. The summed E-state index contributed by atoms with van der Waals surface area (Å²) in [6, 6.07) is 2.35. The van der Waals surface area contributed by atoms with Gasteiger partial charge in [0.1, 0.15) is 4.90 Å². The molecular formula is C13H15Cl2FN2O2S. The highest BCUT2D eigenvalue weighted by molar-refractivity contribution is 7.89. The van der Waals surface area contributed by atoms with Crippen molar-refractivity contribution in [1.29, 1.82) is 0 Å². The number of benzene rings is 1. The van der Waals surface area contributed by atoms with Crippen LogP contribution in [0.1, 0.15) is 6.92 Å². The Labute approximate surface area is 133 Å². The van der Waals surface area contributed by atoms with Crippen LogP contribution in [0.2, 0.25) is 10.0 Å². The predicted molar refractivity (Wildman–Crippen MR) is 79.6 cm³/mol. The maximum absolute atomic E-state index is 13.8. The Morgan fingerprint density at radius 2 is 2.05 bits per heavy atom. The molecule has 2 fully saturated rings. The number of hydrogen-bond donors (Lipinski definition) is 1. The Morgan fingerprint density at radius 1 is 1.33 bits per heavy atom. The lowest BCUT2D eigenvalue weighted by Crippen LogP contribution is -2.38. The van der Waals surface area contributed by atoms with Crippen molar-refractivity contribution in [3.63, 3.8) is 0 Å². The number of rotatable bonds is 2. The Bertz CT molecular complexity index is 683. The second-order valence-corrected chi connectivity index (χ2v) is 8.22. The smallest absolute Gasteiger partial charge is 0.244 e. The lowest BCUT2D eigenvalue weighted by molar-refractivity contribution is 0.360. The quantitative estimate of drug-likeness (QED) is 0.831. The third-order valence-electron chi connectivity index (χ3n) is 4.47. The van der Waals surface area contributed by atoms with Crippen LogP contribution in [-0.2, 0) is 10.0 Å². The molecule has 3 atom stereocenters. The van der Waals surface area contributed by atoms with E-state index in [1.165, 1.54) is 16.4 Å². The first-order valence-electron chi connectivity index (χ1n) is 6.70. The van der Waals surface area contributed by atoms with Gasteiger partial charge in [-0.2, -0.15) is 4.31 Å². The number of halogens is 3. The Hall–Kier alpha value is -0.400. The van der Waals surface area contributed by atoms with Crippen LogP contribution in [0.15, 0.2) is 17.0 Å².